The van der Waals surface area contributed by atoms with Gasteiger partial charge in [-0.05, 0) is 18.6 Å². The summed E-state index contributed by atoms with van der Waals surface area (Å²) >= 11 is 5.76. The molecule has 1 atom stereocenters. The predicted octanol–water partition coefficient (Wildman–Crippen LogP) is 2.78. The summed E-state index contributed by atoms with van der Waals surface area (Å²) in [5, 5.41) is 3.44. The van der Waals surface area contributed by atoms with E-state index in [9.17, 15) is 17.2 Å². The van der Waals surface area contributed by atoms with Crippen LogP contribution in [0.2, 0.25) is 5.02 Å². The Morgan fingerprint density at radius 3 is 2.77 bits per heavy atom. The molecule has 0 N–H and O–H groups in total. The largest absolute Gasteiger partial charge is 0.365 e. The highest BCUT2D eigenvalue weighted by atomic mass is 35.5. The zero-order valence-electron chi connectivity index (χ0n) is 11.2. The van der Waals surface area contributed by atoms with Gasteiger partial charge in [0.05, 0.1) is 10.7 Å². The number of hydrogen-bond acceptors (Lipinski definition) is 4. The fourth-order valence-corrected chi connectivity index (χ4v) is 4.55. The Balaban J connectivity index is 1.94. The molecule has 0 amide bonds. The number of rotatable bonds is 3. The second-order valence-electron chi connectivity index (χ2n) is 4.95. The first-order chi connectivity index (χ1) is 10.4. The zero-order valence-corrected chi connectivity index (χ0v) is 12.7. The summed E-state index contributed by atoms with van der Waals surface area (Å²) in [6, 6.07) is 3.47. The second-order valence-corrected chi connectivity index (χ2v) is 7.23. The first-order valence-electron chi connectivity index (χ1n) is 6.45. The first kappa shape index (κ1) is 15.4. The molecule has 0 bridgehead atoms. The van der Waals surface area contributed by atoms with Crippen molar-refractivity contribution in [3.63, 3.8) is 0 Å². The van der Waals surface area contributed by atoms with E-state index >= 15 is 0 Å². The van der Waals surface area contributed by atoms with Crippen molar-refractivity contribution >= 4 is 21.6 Å². The van der Waals surface area contributed by atoms with Crippen LogP contribution in [0.3, 0.4) is 0 Å². The molecule has 2 heterocycles. The normalized spacial score (nSPS) is 19.7. The zero-order chi connectivity index (χ0) is 15.9. The highest BCUT2D eigenvalue weighted by Crippen LogP contribution is 2.34. The highest BCUT2D eigenvalue weighted by Gasteiger charge is 2.37. The average molecular weight is 349 g/mol. The fraction of sp³-hybridized carbons (Fsp3) is 0.308. The van der Waals surface area contributed by atoms with E-state index in [2.05, 4.69) is 5.16 Å². The Morgan fingerprint density at radius 2 is 2.09 bits per heavy atom. The van der Waals surface area contributed by atoms with Crippen molar-refractivity contribution in [3.05, 3.63) is 46.8 Å². The standard InChI is InChI=1S/C13H11ClF2N2O3S/c14-9-1-2-10(15)12(16)13(9)22(19,20)18-5-3-8(7-18)11-4-6-21-17-11/h1-2,4,6,8H,3,5,7H2. The van der Waals surface area contributed by atoms with Gasteiger partial charge in [0.2, 0.25) is 10.0 Å². The minimum Gasteiger partial charge on any atom is -0.365 e. The summed E-state index contributed by atoms with van der Waals surface area (Å²) < 4.78 is 58.1. The van der Waals surface area contributed by atoms with E-state index < -0.39 is 26.6 Å². The van der Waals surface area contributed by atoms with Crippen molar-refractivity contribution in [1.29, 1.82) is 0 Å². The monoisotopic (exact) mass is 348 g/mol. The summed E-state index contributed by atoms with van der Waals surface area (Å²) in [5.74, 6) is -2.86. The fourth-order valence-electron chi connectivity index (χ4n) is 2.49. The lowest BCUT2D eigenvalue weighted by Crippen LogP contribution is -2.30. The van der Waals surface area contributed by atoms with Gasteiger partial charge in [-0.3, -0.25) is 0 Å². The first-order valence-corrected chi connectivity index (χ1v) is 8.27. The van der Waals surface area contributed by atoms with Crippen molar-refractivity contribution < 1.29 is 21.7 Å². The van der Waals surface area contributed by atoms with Crippen molar-refractivity contribution in [1.82, 2.24) is 9.46 Å². The Morgan fingerprint density at radius 1 is 1.32 bits per heavy atom. The van der Waals surface area contributed by atoms with E-state index in [0.717, 1.165) is 16.4 Å². The molecule has 118 valence electrons. The maximum atomic E-state index is 13.9. The van der Waals surface area contributed by atoms with E-state index in [4.69, 9.17) is 16.1 Å². The molecule has 0 saturated carbocycles. The molecule has 0 spiro atoms. The molecule has 1 aromatic heterocycles. The number of hydrogen-bond donors (Lipinski definition) is 0. The summed E-state index contributed by atoms with van der Waals surface area (Å²) in [7, 11) is -4.22. The minimum atomic E-state index is -4.22. The molecule has 0 radical (unpaired) electrons. The molecule has 1 unspecified atom stereocenters. The number of benzene rings is 1. The van der Waals surface area contributed by atoms with E-state index in [1.54, 1.807) is 6.07 Å². The number of sulfonamides is 1. The molecule has 3 rings (SSSR count). The molecule has 1 aliphatic rings. The van der Waals surface area contributed by atoms with Crippen molar-refractivity contribution in [2.45, 2.75) is 17.2 Å². The molecule has 2 aromatic rings. The molecule has 1 aliphatic heterocycles. The summed E-state index contributed by atoms with van der Waals surface area (Å²) in [6.45, 7) is 0.285. The lowest BCUT2D eigenvalue weighted by Gasteiger charge is -2.17. The van der Waals surface area contributed by atoms with Crippen molar-refractivity contribution in [3.8, 4) is 0 Å². The molecular formula is C13H11ClF2N2O3S. The van der Waals surface area contributed by atoms with Crippen LogP contribution >= 0.6 is 11.6 Å². The lowest BCUT2D eigenvalue weighted by atomic mass is 10.1. The van der Waals surface area contributed by atoms with Crippen LogP contribution < -0.4 is 0 Å². The molecule has 5 nitrogen and oxygen atoms in total. The number of aromatic nitrogens is 1. The van der Waals surface area contributed by atoms with Gasteiger partial charge < -0.3 is 4.52 Å². The van der Waals surface area contributed by atoms with E-state index in [0.29, 0.717) is 12.1 Å². The van der Waals surface area contributed by atoms with Gasteiger partial charge >= 0.3 is 0 Å². The minimum absolute atomic E-state index is 0.112. The van der Waals surface area contributed by atoms with Gasteiger partial charge in [0.15, 0.2) is 11.6 Å². The second kappa shape index (κ2) is 5.60. The third-order valence-electron chi connectivity index (χ3n) is 3.63. The van der Waals surface area contributed by atoms with Crippen molar-refractivity contribution in [2.24, 2.45) is 0 Å². The molecule has 9 heteroatoms. The molecule has 1 aromatic carbocycles. The van der Waals surface area contributed by atoms with Crippen LogP contribution in [0.5, 0.6) is 0 Å². The summed E-state index contributed by atoms with van der Waals surface area (Å²) in [4.78, 5) is -0.824. The Hall–Kier alpha value is -1.51. The van der Waals surface area contributed by atoms with Gasteiger partial charge in [0.25, 0.3) is 0 Å². The Labute approximate surface area is 130 Å². The Kier molecular flexibility index (Phi) is 3.92. The van der Waals surface area contributed by atoms with E-state index in [1.165, 1.54) is 6.26 Å². The van der Waals surface area contributed by atoms with Crippen LogP contribution in [0.15, 0.2) is 33.9 Å². The maximum Gasteiger partial charge on any atom is 0.247 e. The van der Waals surface area contributed by atoms with Gasteiger partial charge in [0, 0.05) is 25.1 Å². The quantitative estimate of drug-likeness (QED) is 0.800. The van der Waals surface area contributed by atoms with Gasteiger partial charge in [-0.15, -0.1) is 0 Å². The van der Waals surface area contributed by atoms with Gasteiger partial charge in [0.1, 0.15) is 11.2 Å². The molecular weight excluding hydrogens is 338 g/mol. The van der Waals surface area contributed by atoms with Gasteiger partial charge in [-0.2, -0.15) is 4.31 Å². The number of nitrogens with zero attached hydrogens (tertiary/aromatic N) is 2. The average Bonchev–Trinajstić information content (AvgIpc) is 3.12. The maximum absolute atomic E-state index is 13.9. The van der Waals surface area contributed by atoms with E-state index in [-0.39, 0.29) is 24.0 Å². The van der Waals surface area contributed by atoms with Crippen LogP contribution in [0, 0.1) is 11.6 Å². The topological polar surface area (TPSA) is 63.4 Å². The van der Waals surface area contributed by atoms with Crippen LogP contribution in [0.25, 0.3) is 0 Å². The summed E-state index contributed by atoms with van der Waals surface area (Å²) in [6.07, 6.45) is 1.91. The molecule has 22 heavy (non-hydrogen) atoms. The van der Waals surface area contributed by atoms with Gasteiger partial charge in [-0.1, -0.05) is 16.8 Å². The van der Waals surface area contributed by atoms with Crippen LogP contribution in [-0.2, 0) is 10.0 Å². The SMILES string of the molecule is O=S(=O)(c1c(Cl)ccc(F)c1F)N1CCC(c2ccon2)C1. The molecule has 1 saturated heterocycles. The van der Waals surface area contributed by atoms with Crippen molar-refractivity contribution in [2.75, 3.05) is 13.1 Å². The molecule has 0 aliphatic carbocycles. The predicted molar refractivity (Wildman–Crippen MR) is 74.0 cm³/mol. The van der Waals surface area contributed by atoms with E-state index in [1.807, 2.05) is 0 Å². The smallest absolute Gasteiger partial charge is 0.247 e. The third kappa shape index (κ3) is 2.51. The number of halogens is 3. The van der Waals surface area contributed by atoms with Crippen LogP contribution in [-0.4, -0.2) is 31.0 Å². The lowest BCUT2D eigenvalue weighted by molar-refractivity contribution is 0.403. The van der Waals surface area contributed by atoms with Gasteiger partial charge in [-0.25, -0.2) is 17.2 Å². The Bertz CT molecular complexity index is 796. The van der Waals surface area contributed by atoms with Crippen LogP contribution in [0.4, 0.5) is 8.78 Å². The van der Waals surface area contributed by atoms with Crippen LogP contribution in [0.1, 0.15) is 18.0 Å². The molecule has 1 fully saturated rings. The third-order valence-corrected chi connectivity index (χ3v) is 5.98. The highest BCUT2D eigenvalue weighted by molar-refractivity contribution is 7.89. The summed E-state index contributed by atoms with van der Waals surface area (Å²) in [5.41, 5.74) is 0.628.